The van der Waals surface area contributed by atoms with Crippen molar-refractivity contribution in [2.75, 3.05) is 19.8 Å². The highest BCUT2D eigenvalue weighted by Crippen LogP contribution is 2.18. The maximum Gasteiger partial charge on any atom is 0.0576 e. The lowest BCUT2D eigenvalue weighted by atomic mass is 10.0. The molecule has 0 spiro atoms. The molecular formula is C12H25NO2. The van der Waals surface area contributed by atoms with Gasteiger partial charge in [0.25, 0.3) is 0 Å². The van der Waals surface area contributed by atoms with Crippen molar-refractivity contribution < 1.29 is 9.47 Å². The van der Waals surface area contributed by atoms with E-state index < -0.39 is 0 Å². The largest absolute Gasteiger partial charge is 0.382 e. The third-order valence-electron chi connectivity index (χ3n) is 2.95. The Morgan fingerprint density at radius 1 is 1.47 bits per heavy atom. The fourth-order valence-corrected chi connectivity index (χ4v) is 2.01. The zero-order valence-electron chi connectivity index (χ0n) is 9.91. The maximum absolute atomic E-state index is 6.02. The van der Waals surface area contributed by atoms with Gasteiger partial charge in [0, 0.05) is 25.9 Å². The van der Waals surface area contributed by atoms with Gasteiger partial charge in [-0.1, -0.05) is 0 Å². The molecule has 0 amide bonds. The zero-order valence-corrected chi connectivity index (χ0v) is 9.91. The van der Waals surface area contributed by atoms with E-state index in [1.165, 1.54) is 12.8 Å². The molecule has 3 heteroatoms. The van der Waals surface area contributed by atoms with Gasteiger partial charge in [-0.2, -0.15) is 0 Å². The zero-order chi connectivity index (χ0) is 10.9. The molecule has 0 aromatic heterocycles. The van der Waals surface area contributed by atoms with E-state index in [1.807, 2.05) is 6.92 Å². The summed E-state index contributed by atoms with van der Waals surface area (Å²) in [6.45, 7) is 4.64. The molecule has 0 aromatic rings. The van der Waals surface area contributed by atoms with Crippen LogP contribution in [0.2, 0.25) is 0 Å². The SMILES string of the molecule is CCOCCCC(N)CCC1CCCO1. The van der Waals surface area contributed by atoms with Crippen molar-refractivity contribution in [3.05, 3.63) is 0 Å². The molecule has 0 bridgehead atoms. The van der Waals surface area contributed by atoms with Gasteiger partial charge in [0.1, 0.15) is 0 Å². The summed E-state index contributed by atoms with van der Waals surface area (Å²) in [6.07, 6.45) is 7.33. The highest BCUT2D eigenvalue weighted by atomic mass is 16.5. The lowest BCUT2D eigenvalue weighted by Crippen LogP contribution is -2.22. The minimum Gasteiger partial charge on any atom is -0.382 e. The molecule has 3 nitrogen and oxygen atoms in total. The Morgan fingerprint density at radius 2 is 2.33 bits per heavy atom. The number of ether oxygens (including phenoxy) is 2. The molecule has 2 unspecified atom stereocenters. The highest BCUT2D eigenvalue weighted by Gasteiger charge is 2.16. The van der Waals surface area contributed by atoms with Gasteiger partial charge >= 0.3 is 0 Å². The summed E-state index contributed by atoms with van der Waals surface area (Å²) in [5, 5.41) is 0. The van der Waals surface area contributed by atoms with Crippen LogP contribution in [0.15, 0.2) is 0 Å². The average molecular weight is 215 g/mol. The van der Waals surface area contributed by atoms with Gasteiger partial charge in [0.05, 0.1) is 6.10 Å². The smallest absolute Gasteiger partial charge is 0.0576 e. The molecule has 1 rings (SSSR count). The van der Waals surface area contributed by atoms with Gasteiger partial charge < -0.3 is 15.2 Å². The Hall–Kier alpha value is -0.120. The van der Waals surface area contributed by atoms with Crippen LogP contribution < -0.4 is 5.73 Å². The van der Waals surface area contributed by atoms with Crippen LogP contribution in [-0.2, 0) is 9.47 Å². The molecule has 1 saturated heterocycles. The van der Waals surface area contributed by atoms with Gasteiger partial charge in [-0.25, -0.2) is 0 Å². The average Bonchev–Trinajstić information content (AvgIpc) is 2.74. The molecular weight excluding hydrogens is 190 g/mol. The lowest BCUT2D eigenvalue weighted by molar-refractivity contribution is 0.0995. The number of rotatable bonds is 8. The van der Waals surface area contributed by atoms with Crippen LogP contribution in [0.4, 0.5) is 0 Å². The van der Waals surface area contributed by atoms with Gasteiger partial charge in [0.15, 0.2) is 0 Å². The molecule has 1 fully saturated rings. The van der Waals surface area contributed by atoms with Crippen molar-refractivity contribution in [1.82, 2.24) is 0 Å². The maximum atomic E-state index is 6.02. The summed E-state index contributed by atoms with van der Waals surface area (Å²) in [5.74, 6) is 0. The highest BCUT2D eigenvalue weighted by molar-refractivity contribution is 4.69. The van der Waals surface area contributed by atoms with Gasteiger partial charge in [-0.3, -0.25) is 0 Å². The predicted octanol–water partition coefficient (Wildman–Crippen LogP) is 2.09. The van der Waals surface area contributed by atoms with Gasteiger partial charge in [0.2, 0.25) is 0 Å². The Labute approximate surface area is 93.3 Å². The third-order valence-corrected chi connectivity index (χ3v) is 2.95. The second-order valence-electron chi connectivity index (χ2n) is 4.31. The van der Waals surface area contributed by atoms with E-state index in [0.29, 0.717) is 12.1 Å². The lowest BCUT2D eigenvalue weighted by Gasteiger charge is -2.14. The molecule has 90 valence electrons. The first-order chi connectivity index (χ1) is 7.33. The summed E-state index contributed by atoms with van der Waals surface area (Å²) in [7, 11) is 0. The van der Waals surface area contributed by atoms with Crippen molar-refractivity contribution in [2.45, 2.75) is 57.6 Å². The molecule has 0 saturated carbocycles. The van der Waals surface area contributed by atoms with Crippen LogP contribution in [0.3, 0.4) is 0 Å². The second-order valence-corrected chi connectivity index (χ2v) is 4.31. The molecule has 15 heavy (non-hydrogen) atoms. The predicted molar refractivity (Wildman–Crippen MR) is 61.9 cm³/mol. The summed E-state index contributed by atoms with van der Waals surface area (Å²) in [5.41, 5.74) is 6.02. The van der Waals surface area contributed by atoms with Crippen molar-refractivity contribution in [3.8, 4) is 0 Å². The van der Waals surface area contributed by atoms with Crippen molar-refractivity contribution >= 4 is 0 Å². The Kier molecular flexibility index (Phi) is 6.98. The quantitative estimate of drug-likeness (QED) is 0.631. The van der Waals surface area contributed by atoms with E-state index in [-0.39, 0.29) is 0 Å². The third kappa shape index (κ3) is 6.13. The van der Waals surface area contributed by atoms with Crippen molar-refractivity contribution in [2.24, 2.45) is 5.73 Å². The first kappa shape index (κ1) is 12.9. The molecule has 2 N–H and O–H groups in total. The fraction of sp³-hybridized carbons (Fsp3) is 1.00. The molecule has 1 aliphatic heterocycles. The van der Waals surface area contributed by atoms with Crippen molar-refractivity contribution in [3.63, 3.8) is 0 Å². The molecule has 0 aromatic carbocycles. The summed E-state index contributed by atoms with van der Waals surface area (Å²) >= 11 is 0. The number of hydrogen-bond donors (Lipinski definition) is 1. The summed E-state index contributed by atoms with van der Waals surface area (Å²) < 4.78 is 10.8. The van der Waals surface area contributed by atoms with Crippen molar-refractivity contribution in [1.29, 1.82) is 0 Å². The fourth-order valence-electron chi connectivity index (χ4n) is 2.01. The Balaban J connectivity index is 1.90. The first-order valence-electron chi connectivity index (χ1n) is 6.28. The van der Waals surface area contributed by atoms with Crippen LogP contribution >= 0.6 is 0 Å². The number of nitrogens with two attached hydrogens (primary N) is 1. The van der Waals surface area contributed by atoms with Gasteiger partial charge in [-0.05, 0) is 45.4 Å². The first-order valence-corrected chi connectivity index (χ1v) is 6.28. The Bertz CT molecular complexity index is 147. The van der Waals surface area contributed by atoms with E-state index >= 15 is 0 Å². The van der Waals surface area contributed by atoms with E-state index in [4.69, 9.17) is 15.2 Å². The molecule has 0 radical (unpaired) electrons. The molecule has 1 aliphatic rings. The van der Waals surface area contributed by atoms with E-state index in [9.17, 15) is 0 Å². The van der Waals surface area contributed by atoms with Gasteiger partial charge in [-0.15, -0.1) is 0 Å². The van der Waals surface area contributed by atoms with E-state index in [2.05, 4.69) is 0 Å². The number of hydrogen-bond acceptors (Lipinski definition) is 3. The monoisotopic (exact) mass is 215 g/mol. The Morgan fingerprint density at radius 3 is 3.00 bits per heavy atom. The topological polar surface area (TPSA) is 44.5 Å². The van der Waals surface area contributed by atoms with E-state index in [1.54, 1.807) is 0 Å². The molecule has 1 heterocycles. The minimum absolute atomic E-state index is 0.328. The summed E-state index contributed by atoms with van der Waals surface area (Å²) in [4.78, 5) is 0. The molecule has 2 atom stereocenters. The van der Waals surface area contributed by atoms with Crippen LogP contribution in [0.1, 0.15) is 45.4 Å². The second kappa shape index (κ2) is 8.08. The minimum atomic E-state index is 0.328. The van der Waals surface area contributed by atoms with Crippen LogP contribution in [0, 0.1) is 0 Å². The normalized spacial score (nSPS) is 23.2. The van der Waals surface area contributed by atoms with E-state index in [0.717, 1.165) is 45.5 Å². The van der Waals surface area contributed by atoms with Crippen LogP contribution in [0.5, 0.6) is 0 Å². The summed E-state index contributed by atoms with van der Waals surface area (Å²) in [6, 6.07) is 0.328. The van der Waals surface area contributed by atoms with Crippen LogP contribution in [-0.4, -0.2) is 32.0 Å². The molecule has 0 aliphatic carbocycles. The standard InChI is InChI=1S/C12H25NO2/c1-2-14-9-3-5-11(13)7-8-12-6-4-10-15-12/h11-12H,2-10,13H2,1H3. The van der Waals surface area contributed by atoms with Crippen LogP contribution in [0.25, 0.3) is 0 Å².